The molecule has 94 valence electrons. The maximum absolute atomic E-state index is 12.4. The fourth-order valence-electron chi connectivity index (χ4n) is 2.22. The second kappa shape index (κ2) is 5.34. The molecule has 0 bridgehead atoms. The van der Waals surface area contributed by atoms with Gasteiger partial charge in [0.2, 0.25) is 0 Å². The molecule has 0 N–H and O–H groups in total. The topological polar surface area (TPSA) is 17.1 Å². The number of Topliss-reactive ketones (excluding diaryl/α,β-unsaturated/α-hetero) is 1. The third-order valence-electron chi connectivity index (χ3n) is 3.95. The SMILES string of the molecule is CCC(C)C(C)C(=O)c1ccc2ccccc2c1. The quantitative estimate of drug-likeness (QED) is 0.708. The van der Waals surface area contributed by atoms with E-state index >= 15 is 0 Å². The first-order valence-electron chi connectivity index (χ1n) is 6.66. The van der Waals surface area contributed by atoms with Crippen LogP contribution in [0.25, 0.3) is 10.8 Å². The standard InChI is InChI=1S/C17H20O/c1-4-12(2)13(3)17(18)16-10-9-14-7-5-6-8-15(14)11-16/h5-13H,4H2,1-3H3. The average Bonchev–Trinajstić information content (AvgIpc) is 2.44. The van der Waals surface area contributed by atoms with Gasteiger partial charge in [-0.2, -0.15) is 0 Å². The molecule has 0 aliphatic heterocycles. The number of hydrogen-bond donors (Lipinski definition) is 0. The molecule has 2 atom stereocenters. The van der Waals surface area contributed by atoms with Crippen LogP contribution < -0.4 is 0 Å². The molecule has 0 radical (unpaired) electrons. The van der Waals surface area contributed by atoms with Crippen molar-refractivity contribution in [3.8, 4) is 0 Å². The largest absolute Gasteiger partial charge is 0.294 e. The van der Waals surface area contributed by atoms with Crippen LogP contribution in [0.2, 0.25) is 0 Å². The van der Waals surface area contributed by atoms with Gasteiger partial charge in [-0.15, -0.1) is 0 Å². The summed E-state index contributed by atoms with van der Waals surface area (Å²) >= 11 is 0. The minimum atomic E-state index is 0.0937. The number of fused-ring (bicyclic) bond motifs is 1. The van der Waals surface area contributed by atoms with E-state index in [0.717, 1.165) is 17.4 Å². The molecule has 0 heterocycles. The van der Waals surface area contributed by atoms with E-state index in [0.29, 0.717) is 5.92 Å². The lowest BCUT2D eigenvalue weighted by molar-refractivity contribution is 0.0891. The number of carbonyl (C=O) groups excluding carboxylic acids is 1. The minimum Gasteiger partial charge on any atom is -0.294 e. The third kappa shape index (κ3) is 2.45. The van der Waals surface area contributed by atoms with Crippen molar-refractivity contribution in [2.75, 3.05) is 0 Å². The summed E-state index contributed by atoms with van der Waals surface area (Å²) in [4.78, 5) is 12.4. The molecule has 18 heavy (non-hydrogen) atoms. The molecular weight excluding hydrogens is 220 g/mol. The number of ketones is 1. The molecule has 2 unspecified atom stereocenters. The Morgan fingerprint density at radius 3 is 2.39 bits per heavy atom. The highest BCUT2D eigenvalue weighted by Crippen LogP contribution is 2.22. The zero-order valence-electron chi connectivity index (χ0n) is 11.3. The summed E-state index contributed by atoms with van der Waals surface area (Å²) in [7, 11) is 0. The molecule has 2 rings (SSSR count). The maximum atomic E-state index is 12.4. The van der Waals surface area contributed by atoms with Crippen LogP contribution in [-0.4, -0.2) is 5.78 Å². The molecule has 0 saturated heterocycles. The van der Waals surface area contributed by atoms with E-state index in [1.165, 1.54) is 5.39 Å². The lowest BCUT2D eigenvalue weighted by Gasteiger charge is -2.17. The summed E-state index contributed by atoms with van der Waals surface area (Å²) in [5.74, 6) is 0.787. The Labute approximate surface area is 109 Å². The Morgan fingerprint density at radius 2 is 1.72 bits per heavy atom. The fraction of sp³-hybridized carbons (Fsp3) is 0.353. The van der Waals surface area contributed by atoms with Gasteiger partial charge in [-0.3, -0.25) is 4.79 Å². The van der Waals surface area contributed by atoms with Crippen LogP contribution in [0.15, 0.2) is 42.5 Å². The zero-order chi connectivity index (χ0) is 13.1. The van der Waals surface area contributed by atoms with Gasteiger partial charge >= 0.3 is 0 Å². The fourth-order valence-corrected chi connectivity index (χ4v) is 2.22. The van der Waals surface area contributed by atoms with Crippen molar-refractivity contribution in [1.82, 2.24) is 0 Å². The molecule has 2 aromatic rings. The molecule has 1 heteroatoms. The van der Waals surface area contributed by atoms with Crippen LogP contribution in [0.4, 0.5) is 0 Å². The normalized spacial score (nSPS) is 14.4. The number of rotatable bonds is 4. The molecule has 2 aromatic carbocycles. The predicted octanol–water partition coefficient (Wildman–Crippen LogP) is 4.70. The van der Waals surface area contributed by atoms with Gasteiger partial charge in [-0.25, -0.2) is 0 Å². The highest BCUT2D eigenvalue weighted by Gasteiger charge is 2.20. The highest BCUT2D eigenvalue weighted by atomic mass is 16.1. The second-order valence-corrected chi connectivity index (χ2v) is 5.10. The number of hydrogen-bond acceptors (Lipinski definition) is 1. The maximum Gasteiger partial charge on any atom is 0.165 e. The van der Waals surface area contributed by atoms with Gasteiger partial charge in [-0.05, 0) is 22.8 Å². The summed E-state index contributed by atoms with van der Waals surface area (Å²) in [6.07, 6.45) is 1.04. The third-order valence-corrected chi connectivity index (χ3v) is 3.95. The van der Waals surface area contributed by atoms with E-state index in [-0.39, 0.29) is 11.7 Å². The van der Waals surface area contributed by atoms with Crippen LogP contribution in [-0.2, 0) is 0 Å². The molecule has 0 aromatic heterocycles. The van der Waals surface area contributed by atoms with Gasteiger partial charge < -0.3 is 0 Å². The average molecular weight is 240 g/mol. The van der Waals surface area contributed by atoms with Crippen LogP contribution in [0, 0.1) is 11.8 Å². The van der Waals surface area contributed by atoms with E-state index in [1.807, 2.05) is 37.3 Å². The molecule has 0 amide bonds. The van der Waals surface area contributed by atoms with Crippen LogP contribution in [0.1, 0.15) is 37.6 Å². The van der Waals surface area contributed by atoms with Crippen LogP contribution in [0.5, 0.6) is 0 Å². The van der Waals surface area contributed by atoms with Crippen molar-refractivity contribution < 1.29 is 4.79 Å². The van der Waals surface area contributed by atoms with Crippen molar-refractivity contribution in [3.63, 3.8) is 0 Å². The Hall–Kier alpha value is -1.63. The minimum absolute atomic E-state index is 0.0937. The molecule has 0 fully saturated rings. The summed E-state index contributed by atoms with van der Waals surface area (Å²) in [6.45, 7) is 6.31. The summed E-state index contributed by atoms with van der Waals surface area (Å²) < 4.78 is 0. The van der Waals surface area contributed by atoms with Crippen molar-refractivity contribution in [2.45, 2.75) is 27.2 Å². The van der Waals surface area contributed by atoms with E-state index in [9.17, 15) is 4.79 Å². The second-order valence-electron chi connectivity index (χ2n) is 5.10. The molecule has 0 saturated carbocycles. The van der Waals surface area contributed by atoms with Gasteiger partial charge in [-0.1, -0.05) is 63.6 Å². The van der Waals surface area contributed by atoms with Crippen molar-refractivity contribution in [2.24, 2.45) is 11.8 Å². The highest BCUT2D eigenvalue weighted by molar-refractivity contribution is 6.01. The van der Waals surface area contributed by atoms with Gasteiger partial charge in [0, 0.05) is 11.5 Å². The smallest absolute Gasteiger partial charge is 0.165 e. The summed E-state index contributed by atoms with van der Waals surface area (Å²) in [6, 6.07) is 14.1. The Bertz CT molecular complexity index is 556. The molecule has 0 aliphatic carbocycles. The molecule has 0 spiro atoms. The van der Waals surface area contributed by atoms with E-state index in [1.54, 1.807) is 0 Å². The van der Waals surface area contributed by atoms with Gasteiger partial charge in [0.05, 0.1) is 0 Å². The first kappa shape index (κ1) is 12.8. The van der Waals surface area contributed by atoms with Gasteiger partial charge in [0.15, 0.2) is 5.78 Å². The first-order chi connectivity index (χ1) is 8.63. The Kier molecular flexibility index (Phi) is 3.81. The van der Waals surface area contributed by atoms with Crippen molar-refractivity contribution >= 4 is 16.6 Å². The monoisotopic (exact) mass is 240 g/mol. The predicted molar refractivity (Wildman–Crippen MR) is 76.9 cm³/mol. The number of benzene rings is 2. The lowest BCUT2D eigenvalue weighted by Crippen LogP contribution is -2.18. The van der Waals surface area contributed by atoms with Crippen molar-refractivity contribution in [1.29, 1.82) is 0 Å². The van der Waals surface area contributed by atoms with Gasteiger partial charge in [0.25, 0.3) is 0 Å². The lowest BCUT2D eigenvalue weighted by atomic mass is 9.86. The summed E-state index contributed by atoms with van der Waals surface area (Å²) in [5, 5.41) is 2.32. The van der Waals surface area contributed by atoms with Crippen LogP contribution in [0.3, 0.4) is 0 Å². The summed E-state index contributed by atoms with van der Waals surface area (Å²) in [5.41, 5.74) is 0.835. The first-order valence-corrected chi connectivity index (χ1v) is 6.66. The number of carbonyl (C=O) groups is 1. The Balaban J connectivity index is 2.33. The molecular formula is C17H20O. The van der Waals surface area contributed by atoms with E-state index < -0.39 is 0 Å². The van der Waals surface area contributed by atoms with E-state index in [2.05, 4.69) is 26.0 Å². The van der Waals surface area contributed by atoms with Gasteiger partial charge in [0.1, 0.15) is 0 Å². The van der Waals surface area contributed by atoms with Crippen molar-refractivity contribution in [3.05, 3.63) is 48.0 Å². The van der Waals surface area contributed by atoms with E-state index in [4.69, 9.17) is 0 Å². The molecule has 1 nitrogen and oxygen atoms in total. The Morgan fingerprint density at radius 1 is 1.06 bits per heavy atom. The van der Waals surface area contributed by atoms with Crippen LogP contribution >= 0.6 is 0 Å². The molecule has 0 aliphatic rings. The zero-order valence-corrected chi connectivity index (χ0v) is 11.3.